The predicted octanol–water partition coefficient (Wildman–Crippen LogP) is 4.32. The van der Waals surface area contributed by atoms with Gasteiger partial charge in [-0.15, -0.1) is 0 Å². The Balaban J connectivity index is 1.67. The SMILES string of the molecule is CCCNCCCc1ccc(Cn2c(-c3cccnc3)nc3c(C)nc(OC)nc32)c(F)c1. The number of rotatable bonds is 10. The molecule has 0 aliphatic heterocycles. The van der Waals surface area contributed by atoms with E-state index < -0.39 is 0 Å². The van der Waals surface area contributed by atoms with Gasteiger partial charge in [0.25, 0.3) is 0 Å². The summed E-state index contributed by atoms with van der Waals surface area (Å²) in [5, 5.41) is 3.38. The number of pyridine rings is 1. The average Bonchev–Trinajstić information content (AvgIpc) is 3.20. The lowest BCUT2D eigenvalue weighted by molar-refractivity contribution is 0.380. The number of imidazole rings is 1. The van der Waals surface area contributed by atoms with Crippen molar-refractivity contribution in [3.05, 3.63) is 65.4 Å². The van der Waals surface area contributed by atoms with E-state index in [1.807, 2.05) is 35.8 Å². The molecule has 0 radical (unpaired) electrons. The molecule has 0 saturated heterocycles. The Kier molecular flexibility index (Phi) is 7.24. The number of fused-ring (bicyclic) bond motifs is 1. The van der Waals surface area contributed by atoms with Crippen molar-refractivity contribution in [3.63, 3.8) is 0 Å². The molecule has 0 atom stereocenters. The number of ether oxygens (including phenoxy) is 1. The Morgan fingerprint density at radius 2 is 2.00 bits per heavy atom. The zero-order valence-corrected chi connectivity index (χ0v) is 19.3. The van der Waals surface area contributed by atoms with E-state index in [1.165, 1.54) is 7.11 Å². The first-order valence-corrected chi connectivity index (χ1v) is 11.3. The van der Waals surface area contributed by atoms with Crippen molar-refractivity contribution in [1.82, 2.24) is 29.8 Å². The lowest BCUT2D eigenvalue weighted by Gasteiger charge is -2.11. The fraction of sp³-hybridized carbons (Fsp3) is 0.360. The smallest absolute Gasteiger partial charge is 0.318 e. The Morgan fingerprint density at radius 1 is 1.12 bits per heavy atom. The van der Waals surface area contributed by atoms with Crippen molar-refractivity contribution in [2.75, 3.05) is 20.2 Å². The summed E-state index contributed by atoms with van der Waals surface area (Å²) >= 11 is 0. The molecule has 0 fully saturated rings. The minimum absolute atomic E-state index is 0.231. The van der Waals surface area contributed by atoms with Crippen LogP contribution in [0.1, 0.15) is 36.6 Å². The van der Waals surface area contributed by atoms with Crippen molar-refractivity contribution >= 4 is 11.2 Å². The molecule has 1 aromatic carbocycles. The van der Waals surface area contributed by atoms with Crippen LogP contribution in [0, 0.1) is 12.7 Å². The molecule has 0 spiro atoms. The van der Waals surface area contributed by atoms with Crippen LogP contribution < -0.4 is 10.1 Å². The van der Waals surface area contributed by atoms with E-state index >= 15 is 4.39 Å². The molecule has 33 heavy (non-hydrogen) atoms. The van der Waals surface area contributed by atoms with Crippen molar-refractivity contribution in [2.45, 2.75) is 39.7 Å². The van der Waals surface area contributed by atoms with E-state index in [0.717, 1.165) is 43.5 Å². The molecule has 3 aromatic heterocycles. The molecular weight excluding hydrogens is 419 g/mol. The Morgan fingerprint density at radius 3 is 2.73 bits per heavy atom. The van der Waals surface area contributed by atoms with Crippen molar-refractivity contribution in [3.8, 4) is 17.4 Å². The van der Waals surface area contributed by atoms with Crippen LogP contribution in [-0.4, -0.2) is 44.7 Å². The van der Waals surface area contributed by atoms with Gasteiger partial charge in [-0.25, -0.2) is 9.37 Å². The summed E-state index contributed by atoms with van der Waals surface area (Å²) < 4.78 is 22.3. The zero-order chi connectivity index (χ0) is 23.2. The molecule has 7 nitrogen and oxygen atoms in total. The summed E-state index contributed by atoms with van der Waals surface area (Å²) in [5.41, 5.74) is 4.36. The lowest BCUT2D eigenvalue weighted by atomic mass is 10.1. The summed E-state index contributed by atoms with van der Waals surface area (Å²) in [4.78, 5) is 17.9. The normalized spacial score (nSPS) is 11.3. The molecule has 8 heteroatoms. The molecule has 0 amide bonds. The van der Waals surface area contributed by atoms with Gasteiger partial charge in [-0.1, -0.05) is 19.1 Å². The molecule has 0 aliphatic rings. The Labute approximate surface area is 193 Å². The maximum Gasteiger partial charge on any atom is 0.318 e. The third-order valence-corrected chi connectivity index (χ3v) is 5.54. The minimum Gasteiger partial charge on any atom is -0.467 e. The summed E-state index contributed by atoms with van der Waals surface area (Å²) in [5.74, 6) is 0.431. The second-order valence-electron chi connectivity index (χ2n) is 8.01. The van der Waals surface area contributed by atoms with Gasteiger partial charge in [-0.05, 0) is 63.0 Å². The van der Waals surface area contributed by atoms with Gasteiger partial charge in [0.05, 0.1) is 19.3 Å². The van der Waals surface area contributed by atoms with Crippen LogP contribution in [0.3, 0.4) is 0 Å². The number of nitrogens with one attached hydrogen (secondary N) is 1. The fourth-order valence-electron chi connectivity index (χ4n) is 3.83. The van der Waals surface area contributed by atoms with E-state index in [2.05, 4.69) is 27.2 Å². The predicted molar refractivity (Wildman–Crippen MR) is 127 cm³/mol. The first-order chi connectivity index (χ1) is 16.1. The average molecular weight is 449 g/mol. The zero-order valence-electron chi connectivity index (χ0n) is 19.3. The van der Waals surface area contributed by atoms with E-state index in [-0.39, 0.29) is 18.4 Å². The molecule has 172 valence electrons. The second-order valence-corrected chi connectivity index (χ2v) is 8.01. The minimum atomic E-state index is -0.231. The number of aryl methyl sites for hydroxylation is 2. The van der Waals surface area contributed by atoms with Crippen LogP contribution in [-0.2, 0) is 13.0 Å². The Bertz CT molecular complexity index is 1220. The number of benzene rings is 1. The number of methoxy groups -OCH3 is 1. The largest absolute Gasteiger partial charge is 0.467 e. The summed E-state index contributed by atoms with van der Waals surface area (Å²) in [6, 6.07) is 9.53. The standard InChI is InChI=1S/C25H29FN6O/c1-4-11-27-12-5-7-18-9-10-20(21(26)14-18)16-32-23(19-8-6-13-28-15-19)30-22-17(2)29-25(33-3)31-24(22)32/h6,8-10,13-15,27H,4-5,7,11-12,16H2,1-3H3. The first kappa shape index (κ1) is 22.8. The van der Waals surface area contributed by atoms with E-state index in [4.69, 9.17) is 9.72 Å². The van der Waals surface area contributed by atoms with E-state index in [9.17, 15) is 0 Å². The van der Waals surface area contributed by atoms with Crippen molar-refractivity contribution < 1.29 is 9.13 Å². The maximum absolute atomic E-state index is 15.1. The summed E-state index contributed by atoms with van der Waals surface area (Å²) in [6.45, 7) is 6.24. The quantitative estimate of drug-likeness (QED) is 0.364. The Hall–Kier alpha value is -3.39. The highest BCUT2D eigenvalue weighted by Crippen LogP contribution is 2.27. The highest BCUT2D eigenvalue weighted by atomic mass is 19.1. The van der Waals surface area contributed by atoms with Gasteiger partial charge < -0.3 is 14.6 Å². The van der Waals surface area contributed by atoms with Crippen LogP contribution in [0.4, 0.5) is 4.39 Å². The molecule has 4 aromatic rings. The number of hydrogen-bond acceptors (Lipinski definition) is 6. The van der Waals surface area contributed by atoms with Gasteiger partial charge in [-0.3, -0.25) is 4.98 Å². The third kappa shape index (κ3) is 5.17. The molecule has 0 aliphatic carbocycles. The second kappa shape index (κ2) is 10.5. The molecule has 0 bridgehead atoms. The molecule has 4 rings (SSSR count). The van der Waals surface area contributed by atoms with Crippen molar-refractivity contribution in [1.29, 1.82) is 0 Å². The van der Waals surface area contributed by atoms with Gasteiger partial charge in [0, 0.05) is 23.5 Å². The van der Waals surface area contributed by atoms with Crippen LogP contribution in [0.2, 0.25) is 0 Å². The first-order valence-electron chi connectivity index (χ1n) is 11.3. The van der Waals surface area contributed by atoms with Crippen molar-refractivity contribution in [2.24, 2.45) is 0 Å². The van der Waals surface area contributed by atoms with Crippen LogP contribution in [0.15, 0.2) is 42.7 Å². The molecule has 0 saturated carbocycles. The summed E-state index contributed by atoms with van der Waals surface area (Å²) in [6.07, 6.45) is 6.38. The molecule has 0 unspecified atom stereocenters. The fourth-order valence-corrected chi connectivity index (χ4v) is 3.83. The van der Waals surface area contributed by atoms with Crippen LogP contribution in [0.25, 0.3) is 22.6 Å². The number of aromatic nitrogens is 5. The molecule has 3 heterocycles. The monoisotopic (exact) mass is 448 g/mol. The van der Waals surface area contributed by atoms with E-state index in [0.29, 0.717) is 28.2 Å². The summed E-state index contributed by atoms with van der Waals surface area (Å²) in [7, 11) is 1.53. The van der Waals surface area contributed by atoms with Crippen LogP contribution >= 0.6 is 0 Å². The van der Waals surface area contributed by atoms with Gasteiger partial charge >= 0.3 is 6.01 Å². The van der Waals surface area contributed by atoms with Gasteiger partial charge in [0.15, 0.2) is 5.65 Å². The molecular formula is C25H29FN6O. The highest BCUT2D eigenvalue weighted by molar-refractivity contribution is 5.79. The lowest BCUT2D eigenvalue weighted by Crippen LogP contribution is -2.16. The number of hydrogen-bond donors (Lipinski definition) is 1. The number of halogens is 1. The van der Waals surface area contributed by atoms with Gasteiger partial charge in [0.2, 0.25) is 0 Å². The maximum atomic E-state index is 15.1. The topological polar surface area (TPSA) is 77.8 Å². The van der Waals surface area contributed by atoms with Gasteiger partial charge in [-0.2, -0.15) is 9.97 Å². The van der Waals surface area contributed by atoms with E-state index in [1.54, 1.807) is 18.5 Å². The highest BCUT2D eigenvalue weighted by Gasteiger charge is 2.19. The third-order valence-electron chi connectivity index (χ3n) is 5.54. The molecule has 1 N–H and O–H groups in total. The van der Waals surface area contributed by atoms with Gasteiger partial charge in [0.1, 0.15) is 17.2 Å². The van der Waals surface area contributed by atoms with Crippen LogP contribution in [0.5, 0.6) is 6.01 Å². The number of nitrogens with zero attached hydrogens (tertiary/aromatic N) is 5.